The van der Waals surface area contributed by atoms with Gasteiger partial charge in [-0.25, -0.2) is 0 Å². The van der Waals surface area contributed by atoms with Gasteiger partial charge in [-0.3, -0.25) is 0 Å². The molecule has 0 aromatic heterocycles. The van der Waals surface area contributed by atoms with E-state index in [-0.39, 0.29) is 23.7 Å². The van der Waals surface area contributed by atoms with E-state index in [4.69, 9.17) is 0 Å². The Hall–Kier alpha value is -1.55. The number of carbonyl (C=O) groups is 1. The summed E-state index contributed by atoms with van der Waals surface area (Å²) in [5, 5.41) is 31.5. The van der Waals surface area contributed by atoms with E-state index >= 15 is 0 Å². The van der Waals surface area contributed by atoms with Crippen LogP contribution >= 0.6 is 0 Å². The SMILES string of the molecule is CC12CCC3c4cc(CC(=O)[O-])c(O)cc4CCC3C1CCC2O. The number of aliphatic hydroxyl groups is 1. The van der Waals surface area contributed by atoms with E-state index < -0.39 is 5.97 Å². The number of phenolic OH excluding ortho intramolecular Hbond substituents is 1. The third kappa shape index (κ3) is 2.26. The Morgan fingerprint density at radius 1 is 1.29 bits per heavy atom. The second-order valence-electron chi connectivity index (χ2n) is 8.28. The minimum Gasteiger partial charge on any atom is -0.550 e. The smallest absolute Gasteiger partial charge is 0.119 e. The first-order valence-electron chi connectivity index (χ1n) is 9.12. The van der Waals surface area contributed by atoms with Crippen LogP contribution in [0, 0.1) is 17.3 Å². The molecule has 0 amide bonds. The fraction of sp³-hybridized carbons (Fsp3) is 0.650. The van der Waals surface area contributed by atoms with Crippen LogP contribution in [0.25, 0.3) is 0 Å². The molecule has 4 heteroatoms. The second kappa shape index (κ2) is 5.48. The summed E-state index contributed by atoms with van der Waals surface area (Å²) in [4.78, 5) is 10.9. The molecule has 5 atom stereocenters. The van der Waals surface area contributed by atoms with E-state index in [0.29, 0.717) is 23.3 Å². The lowest BCUT2D eigenvalue weighted by Gasteiger charge is -2.50. The van der Waals surface area contributed by atoms with Crippen molar-refractivity contribution in [3.05, 3.63) is 28.8 Å². The average Bonchev–Trinajstić information content (AvgIpc) is 2.83. The molecule has 0 saturated heterocycles. The van der Waals surface area contributed by atoms with Crippen molar-refractivity contribution in [3.8, 4) is 5.75 Å². The van der Waals surface area contributed by atoms with E-state index in [1.807, 2.05) is 6.07 Å². The van der Waals surface area contributed by atoms with E-state index in [2.05, 4.69) is 6.92 Å². The largest absolute Gasteiger partial charge is 0.550 e. The third-order valence-corrected chi connectivity index (χ3v) is 7.21. The minimum atomic E-state index is -1.16. The summed E-state index contributed by atoms with van der Waals surface area (Å²) >= 11 is 0. The molecule has 3 aliphatic rings. The van der Waals surface area contributed by atoms with Crippen LogP contribution in [-0.2, 0) is 17.6 Å². The number of fused-ring (bicyclic) bond motifs is 5. The number of benzene rings is 1. The van der Waals surface area contributed by atoms with Crippen molar-refractivity contribution in [2.45, 2.75) is 63.9 Å². The molecule has 5 unspecified atom stereocenters. The van der Waals surface area contributed by atoms with Crippen molar-refractivity contribution in [3.63, 3.8) is 0 Å². The maximum absolute atomic E-state index is 10.9. The molecule has 4 rings (SSSR count). The van der Waals surface area contributed by atoms with Gasteiger partial charge in [0.25, 0.3) is 0 Å². The monoisotopic (exact) mass is 329 g/mol. The summed E-state index contributed by atoms with van der Waals surface area (Å²) in [6, 6.07) is 3.67. The van der Waals surface area contributed by atoms with Crippen LogP contribution < -0.4 is 5.11 Å². The lowest BCUT2D eigenvalue weighted by atomic mass is 9.55. The Balaban J connectivity index is 1.70. The topological polar surface area (TPSA) is 80.6 Å². The average molecular weight is 329 g/mol. The lowest BCUT2D eigenvalue weighted by molar-refractivity contribution is -0.304. The number of carboxylic acid groups (broad SMARTS) is 1. The van der Waals surface area contributed by atoms with Crippen molar-refractivity contribution < 1.29 is 20.1 Å². The highest BCUT2D eigenvalue weighted by atomic mass is 16.4. The van der Waals surface area contributed by atoms with Crippen LogP contribution in [0.2, 0.25) is 0 Å². The number of aliphatic carboxylic acids is 1. The predicted molar refractivity (Wildman–Crippen MR) is 87.4 cm³/mol. The first-order valence-corrected chi connectivity index (χ1v) is 9.12. The number of carboxylic acids is 1. The molecular weight excluding hydrogens is 304 g/mol. The van der Waals surface area contributed by atoms with Crippen molar-refractivity contribution in [2.75, 3.05) is 0 Å². The Kier molecular flexibility index (Phi) is 3.64. The Morgan fingerprint density at radius 3 is 2.83 bits per heavy atom. The summed E-state index contributed by atoms with van der Waals surface area (Å²) < 4.78 is 0. The number of hydrogen-bond acceptors (Lipinski definition) is 4. The van der Waals surface area contributed by atoms with Crippen LogP contribution in [0.5, 0.6) is 5.75 Å². The van der Waals surface area contributed by atoms with Gasteiger partial charge in [0, 0.05) is 12.4 Å². The highest BCUT2D eigenvalue weighted by Gasteiger charge is 2.54. The Labute approximate surface area is 142 Å². The van der Waals surface area contributed by atoms with Gasteiger partial charge >= 0.3 is 0 Å². The molecule has 2 N–H and O–H groups in total. The molecule has 0 radical (unpaired) electrons. The predicted octanol–water partition coefficient (Wildman–Crippen LogP) is 1.90. The van der Waals surface area contributed by atoms with Gasteiger partial charge < -0.3 is 20.1 Å². The first kappa shape index (κ1) is 15.9. The molecule has 1 aromatic rings. The highest BCUT2D eigenvalue weighted by Crippen LogP contribution is 2.61. The maximum Gasteiger partial charge on any atom is 0.119 e. The summed E-state index contributed by atoms with van der Waals surface area (Å²) in [7, 11) is 0. The van der Waals surface area contributed by atoms with Crippen LogP contribution in [-0.4, -0.2) is 22.3 Å². The Bertz CT molecular complexity index is 682. The zero-order valence-corrected chi connectivity index (χ0v) is 14.1. The molecule has 0 spiro atoms. The molecule has 1 aromatic carbocycles. The number of aliphatic hydroxyl groups excluding tert-OH is 1. The number of rotatable bonds is 2. The quantitative estimate of drug-likeness (QED) is 0.868. The molecule has 0 bridgehead atoms. The van der Waals surface area contributed by atoms with Crippen LogP contribution in [0.3, 0.4) is 0 Å². The maximum atomic E-state index is 10.9. The normalized spacial score (nSPS) is 37.4. The molecular formula is C20H25O4-. The lowest BCUT2D eigenvalue weighted by Crippen LogP contribution is -2.44. The van der Waals surface area contributed by atoms with E-state index in [1.165, 1.54) is 5.56 Å². The Morgan fingerprint density at radius 2 is 2.08 bits per heavy atom. The molecule has 3 aliphatic carbocycles. The van der Waals surface area contributed by atoms with Gasteiger partial charge in [0.1, 0.15) is 5.75 Å². The van der Waals surface area contributed by atoms with Crippen molar-refractivity contribution in [2.24, 2.45) is 17.3 Å². The van der Waals surface area contributed by atoms with Gasteiger partial charge in [0.2, 0.25) is 0 Å². The third-order valence-electron chi connectivity index (χ3n) is 7.21. The van der Waals surface area contributed by atoms with Gasteiger partial charge in [-0.2, -0.15) is 0 Å². The fourth-order valence-electron chi connectivity index (χ4n) is 5.92. The molecule has 130 valence electrons. The summed E-state index contributed by atoms with van der Waals surface area (Å²) in [5.41, 5.74) is 2.90. The fourth-order valence-corrected chi connectivity index (χ4v) is 5.92. The zero-order chi connectivity index (χ0) is 17.1. The second-order valence-corrected chi connectivity index (χ2v) is 8.28. The van der Waals surface area contributed by atoms with Crippen LogP contribution in [0.4, 0.5) is 0 Å². The van der Waals surface area contributed by atoms with Crippen molar-refractivity contribution >= 4 is 5.97 Å². The number of carbonyl (C=O) groups excluding carboxylic acids is 1. The van der Waals surface area contributed by atoms with E-state index in [1.54, 1.807) is 6.07 Å². The minimum absolute atomic E-state index is 0.0450. The van der Waals surface area contributed by atoms with E-state index in [9.17, 15) is 20.1 Å². The van der Waals surface area contributed by atoms with Crippen molar-refractivity contribution in [1.29, 1.82) is 0 Å². The standard InChI is InChI=1S/C20H26O4/c1-20-7-6-13-14(16(20)4-5-18(20)22)3-2-11-9-17(21)12(8-15(11)13)10-19(23)24/h8-9,13-14,16,18,21-22H,2-7,10H2,1H3,(H,23,24)/p-1. The van der Waals surface area contributed by atoms with Gasteiger partial charge in [0.15, 0.2) is 0 Å². The van der Waals surface area contributed by atoms with Gasteiger partial charge in [-0.1, -0.05) is 13.0 Å². The summed E-state index contributed by atoms with van der Waals surface area (Å²) in [6.07, 6.45) is 5.67. The molecule has 2 saturated carbocycles. The van der Waals surface area contributed by atoms with Gasteiger partial charge in [-0.05, 0) is 84.5 Å². The molecule has 0 heterocycles. The number of aromatic hydroxyl groups is 1. The molecule has 2 fully saturated rings. The number of aryl methyl sites for hydroxylation is 1. The van der Waals surface area contributed by atoms with Crippen LogP contribution in [0.15, 0.2) is 12.1 Å². The highest BCUT2D eigenvalue weighted by molar-refractivity contribution is 5.69. The van der Waals surface area contributed by atoms with E-state index in [0.717, 1.165) is 44.1 Å². The first-order chi connectivity index (χ1) is 11.4. The summed E-state index contributed by atoms with van der Waals surface area (Å²) in [6.45, 7) is 2.25. The van der Waals surface area contributed by atoms with Gasteiger partial charge in [0.05, 0.1) is 6.10 Å². The number of hydrogen-bond donors (Lipinski definition) is 2. The summed E-state index contributed by atoms with van der Waals surface area (Å²) in [5.74, 6) is 0.464. The van der Waals surface area contributed by atoms with Crippen molar-refractivity contribution in [1.82, 2.24) is 0 Å². The molecule has 24 heavy (non-hydrogen) atoms. The molecule has 4 nitrogen and oxygen atoms in total. The van der Waals surface area contributed by atoms with Gasteiger partial charge in [-0.15, -0.1) is 0 Å². The zero-order valence-electron chi connectivity index (χ0n) is 14.1. The molecule has 0 aliphatic heterocycles. The number of phenols is 1. The van der Waals surface area contributed by atoms with Crippen LogP contribution in [0.1, 0.15) is 61.6 Å².